The van der Waals surface area contributed by atoms with Gasteiger partial charge in [-0.1, -0.05) is 103 Å². The van der Waals surface area contributed by atoms with Gasteiger partial charge < -0.3 is 10.2 Å². The van der Waals surface area contributed by atoms with Gasteiger partial charge in [0.15, 0.2) is 0 Å². The van der Waals surface area contributed by atoms with Crippen LogP contribution in [-0.4, -0.2) is 38.0 Å². The zero-order valence-corrected chi connectivity index (χ0v) is 18.3. The summed E-state index contributed by atoms with van der Waals surface area (Å²) in [4.78, 5) is 13.6. The molecule has 0 heterocycles. The molecule has 0 aromatic heterocycles. The van der Waals surface area contributed by atoms with Crippen molar-refractivity contribution in [2.75, 3.05) is 27.2 Å². The highest BCUT2D eigenvalue weighted by Crippen LogP contribution is 2.13. The van der Waals surface area contributed by atoms with Crippen molar-refractivity contribution in [2.45, 2.75) is 116 Å². The molecule has 1 amide bonds. The molecule has 3 heteroatoms. The van der Waals surface area contributed by atoms with Gasteiger partial charge in [0.2, 0.25) is 5.91 Å². The van der Waals surface area contributed by atoms with E-state index in [-0.39, 0.29) is 5.91 Å². The minimum absolute atomic E-state index is 0.194. The molecule has 0 rings (SSSR count). The largest absolute Gasteiger partial charge is 0.356 e. The summed E-state index contributed by atoms with van der Waals surface area (Å²) in [6, 6.07) is 0. The molecule has 0 bridgehead atoms. The van der Waals surface area contributed by atoms with Crippen molar-refractivity contribution in [2.24, 2.45) is 0 Å². The van der Waals surface area contributed by atoms with E-state index in [1.165, 1.54) is 96.3 Å². The summed E-state index contributed by atoms with van der Waals surface area (Å²) in [5, 5.41) is 3.02. The van der Waals surface area contributed by atoms with Crippen LogP contribution in [0.25, 0.3) is 0 Å². The number of hydrogen-bond donors (Lipinski definition) is 1. The molecule has 0 saturated heterocycles. The van der Waals surface area contributed by atoms with Crippen LogP contribution >= 0.6 is 0 Å². The van der Waals surface area contributed by atoms with Gasteiger partial charge in [0.25, 0.3) is 0 Å². The first-order valence-electron chi connectivity index (χ1n) is 11.6. The number of hydrogen-bond acceptors (Lipinski definition) is 2. The Hall–Kier alpha value is -0.570. The molecular formula is C23H48N2O. The number of amides is 1. The summed E-state index contributed by atoms with van der Waals surface area (Å²) in [6.07, 6.45) is 22.8. The van der Waals surface area contributed by atoms with Crippen molar-refractivity contribution >= 4 is 5.91 Å². The second-order valence-corrected chi connectivity index (χ2v) is 8.21. The maximum atomic E-state index is 11.6. The first kappa shape index (κ1) is 25.4. The highest BCUT2D eigenvalue weighted by Gasteiger charge is 2.01. The number of unbranched alkanes of at least 4 members (excludes halogenated alkanes) is 15. The number of rotatable bonds is 20. The van der Waals surface area contributed by atoms with Gasteiger partial charge in [-0.3, -0.25) is 4.79 Å². The highest BCUT2D eigenvalue weighted by atomic mass is 16.1. The van der Waals surface area contributed by atoms with Gasteiger partial charge in [0.05, 0.1) is 0 Å². The molecule has 0 radical (unpaired) electrons. The van der Waals surface area contributed by atoms with E-state index < -0.39 is 0 Å². The second kappa shape index (κ2) is 20.7. The lowest BCUT2D eigenvalue weighted by Crippen LogP contribution is -2.28. The van der Waals surface area contributed by atoms with Gasteiger partial charge >= 0.3 is 0 Å². The predicted molar refractivity (Wildman–Crippen MR) is 116 cm³/mol. The number of carbonyl (C=O) groups is 1. The molecule has 0 spiro atoms. The third-order valence-electron chi connectivity index (χ3n) is 5.14. The Morgan fingerprint density at radius 2 is 1.04 bits per heavy atom. The highest BCUT2D eigenvalue weighted by molar-refractivity contribution is 5.75. The maximum Gasteiger partial charge on any atom is 0.221 e. The van der Waals surface area contributed by atoms with Crippen LogP contribution in [0.3, 0.4) is 0 Å². The van der Waals surface area contributed by atoms with Crippen LogP contribution in [0.2, 0.25) is 0 Å². The van der Waals surface area contributed by atoms with Gasteiger partial charge in [-0.15, -0.1) is 0 Å². The van der Waals surface area contributed by atoms with Crippen molar-refractivity contribution in [1.29, 1.82) is 0 Å². The zero-order valence-electron chi connectivity index (χ0n) is 18.3. The van der Waals surface area contributed by atoms with Crippen LogP contribution < -0.4 is 5.32 Å². The minimum Gasteiger partial charge on any atom is -0.356 e. The summed E-state index contributed by atoms with van der Waals surface area (Å²) >= 11 is 0. The Labute approximate surface area is 164 Å². The topological polar surface area (TPSA) is 32.3 Å². The quantitative estimate of drug-likeness (QED) is 0.255. The Morgan fingerprint density at radius 1 is 0.654 bits per heavy atom. The van der Waals surface area contributed by atoms with Crippen molar-refractivity contribution < 1.29 is 4.79 Å². The summed E-state index contributed by atoms with van der Waals surface area (Å²) in [5.74, 6) is 0.194. The van der Waals surface area contributed by atoms with Gasteiger partial charge in [0, 0.05) is 19.5 Å². The third-order valence-corrected chi connectivity index (χ3v) is 5.14. The van der Waals surface area contributed by atoms with Crippen LogP contribution in [0.5, 0.6) is 0 Å². The fourth-order valence-corrected chi connectivity index (χ4v) is 3.31. The predicted octanol–water partition coefficient (Wildman–Crippen LogP) is 6.32. The van der Waals surface area contributed by atoms with Crippen LogP contribution in [0.15, 0.2) is 0 Å². The van der Waals surface area contributed by atoms with Crippen molar-refractivity contribution in [3.63, 3.8) is 0 Å². The number of nitrogens with zero attached hydrogens (tertiary/aromatic N) is 1. The van der Waals surface area contributed by atoms with Crippen molar-refractivity contribution in [3.8, 4) is 0 Å². The average molecular weight is 369 g/mol. The van der Waals surface area contributed by atoms with E-state index in [9.17, 15) is 4.79 Å². The molecule has 0 unspecified atom stereocenters. The van der Waals surface area contributed by atoms with E-state index in [2.05, 4.69) is 12.2 Å². The molecule has 3 nitrogen and oxygen atoms in total. The van der Waals surface area contributed by atoms with Crippen molar-refractivity contribution in [3.05, 3.63) is 0 Å². The fourth-order valence-electron chi connectivity index (χ4n) is 3.31. The van der Waals surface area contributed by atoms with E-state index in [4.69, 9.17) is 0 Å². The lowest BCUT2D eigenvalue weighted by Gasteiger charge is -2.09. The average Bonchev–Trinajstić information content (AvgIpc) is 2.62. The second-order valence-electron chi connectivity index (χ2n) is 8.21. The maximum absolute atomic E-state index is 11.6. The van der Waals surface area contributed by atoms with Crippen LogP contribution in [0.4, 0.5) is 0 Å². The summed E-state index contributed by atoms with van der Waals surface area (Å²) in [7, 11) is 4.01. The number of nitrogens with one attached hydrogen (secondary N) is 1. The molecule has 156 valence electrons. The van der Waals surface area contributed by atoms with Gasteiger partial charge in [-0.25, -0.2) is 0 Å². The monoisotopic (exact) mass is 368 g/mol. The van der Waals surface area contributed by atoms with Gasteiger partial charge in [-0.2, -0.15) is 0 Å². The van der Waals surface area contributed by atoms with Crippen LogP contribution in [-0.2, 0) is 4.79 Å². The molecule has 0 aliphatic rings. The SMILES string of the molecule is CCCCCCCCCCCCCCCCCCNC(=O)CCN(C)C. The lowest BCUT2D eigenvalue weighted by molar-refractivity contribution is -0.121. The number of carbonyl (C=O) groups excluding carboxylic acids is 1. The Morgan fingerprint density at radius 3 is 1.42 bits per heavy atom. The van der Waals surface area contributed by atoms with E-state index in [1.807, 2.05) is 19.0 Å². The Balaban J connectivity index is 3.08. The lowest BCUT2D eigenvalue weighted by atomic mass is 10.0. The first-order valence-corrected chi connectivity index (χ1v) is 11.6. The van der Waals surface area contributed by atoms with Gasteiger partial charge in [0.1, 0.15) is 0 Å². The summed E-state index contributed by atoms with van der Waals surface area (Å²) in [5.41, 5.74) is 0. The van der Waals surface area contributed by atoms with Crippen LogP contribution in [0.1, 0.15) is 116 Å². The summed E-state index contributed by atoms with van der Waals surface area (Å²) in [6.45, 7) is 3.98. The van der Waals surface area contributed by atoms with Crippen LogP contribution in [0, 0.1) is 0 Å². The Kier molecular flexibility index (Phi) is 20.3. The van der Waals surface area contributed by atoms with E-state index in [0.29, 0.717) is 6.42 Å². The molecule has 0 saturated carbocycles. The molecule has 26 heavy (non-hydrogen) atoms. The molecule has 0 aromatic carbocycles. The molecule has 0 aliphatic heterocycles. The van der Waals surface area contributed by atoms with E-state index in [0.717, 1.165) is 19.5 Å². The molecule has 1 N–H and O–H groups in total. The third kappa shape index (κ3) is 21.5. The van der Waals surface area contributed by atoms with Gasteiger partial charge in [-0.05, 0) is 20.5 Å². The summed E-state index contributed by atoms with van der Waals surface area (Å²) < 4.78 is 0. The minimum atomic E-state index is 0.194. The normalized spacial score (nSPS) is 11.2. The zero-order chi connectivity index (χ0) is 19.3. The fraction of sp³-hybridized carbons (Fsp3) is 0.957. The van der Waals surface area contributed by atoms with E-state index in [1.54, 1.807) is 0 Å². The van der Waals surface area contributed by atoms with E-state index >= 15 is 0 Å². The molecular weight excluding hydrogens is 320 g/mol. The molecule has 0 aliphatic carbocycles. The smallest absolute Gasteiger partial charge is 0.221 e. The molecule has 0 atom stereocenters. The Bertz CT molecular complexity index is 292. The standard InChI is InChI=1S/C23H48N2O/c1-4-5-6-7-8-9-10-11-12-13-14-15-16-17-18-19-21-24-23(26)20-22-25(2)3/h4-22H2,1-3H3,(H,24,26). The van der Waals surface area contributed by atoms with Crippen molar-refractivity contribution in [1.82, 2.24) is 10.2 Å². The molecule has 0 fully saturated rings. The first-order chi connectivity index (χ1) is 12.7. The molecule has 0 aromatic rings.